The van der Waals surface area contributed by atoms with Gasteiger partial charge in [0.2, 0.25) is 0 Å². The number of hydrogen-bond donors (Lipinski definition) is 0. The van der Waals surface area contributed by atoms with Crippen molar-refractivity contribution >= 4 is 22.6 Å². The Balaban J connectivity index is 1.96. The van der Waals surface area contributed by atoms with Gasteiger partial charge in [-0.25, -0.2) is 0 Å². The Kier molecular flexibility index (Phi) is 2.39. The standard InChI is InChI=1S/C8H13IO2/c9-6-7-2-4-8(11-7)3-1-5-10-8/h7H,1-6H2/t7-,8-/m0/s1. The van der Waals surface area contributed by atoms with Crippen LogP contribution in [0.25, 0.3) is 0 Å². The van der Waals surface area contributed by atoms with E-state index in [1.165, 1.54) is 12.8 Å². The lowest BCUT2D eigenvalue weighted by molar-refractivity contribution is -0.194. The summed E-state index contributed by atoms with van der Waals surface area (Å²) in [6, 6.07) is 0. The zero-order valence-electron chi connectivity index (χ0n) is 6.51. The monoisotopic (exact) mass is 268 g/mol. The Labute approximate surface area is 80.8 Å². The molecular formula is C8H13IO2. The average molecular weight is 268 g/mol. The molecule has 2 nitrogen and oxygen atoms in total. The van der Waals surface area contributed by atoms with Crippen molar-refractivity contribution in [3.8, 4) is 0 Å². The molecule has 0 aromatic carbocycles. The highest BCUT2D eigenvalue weighted by Gasteiger charge is 2.43. The molecule has 0 radical (unpaired) electrons. The van der Waals surface area contributed by atoms with Crippen LogP contribution in [0, 0.1) is 0 Å². The zero-order valence-corrected chi connectivity index (χ0v) is 8.67. The molecule has 2 aliphatic heterocycles. The maximum atomic E-state index is 5.83. The molecule has 2 aliphatic rings. The van der Waals surface area contributed by atoms with Crippen molar-refractivity contribution in [2.75, 3.05) is 11.0 Å². The van der Waals surface area contributed by atoms with Crippen LogP contribution in [0.1, 0.15) is 25.7 Å². The first-order chi connectivity index (χ1) is 5.35. The van der Waals surface area contributed by atoms with Gasteiger partial charge in [-0.15, -0.1) is 0 Å². The van der Waals surface area contributed by atoms with Crippen molar-refractivity contribution in [3.05, 3.63) is 0 Å². The summed E-state index contributed by atoms with van der Waals surface area (Å²) >= 11 is 2.38. The molecule has 0 aliphatic carbocycles. The lowest BCUT2D eigenvalue weighted by atomic mass is 10.1. The van der Waals surface area contributed by atoms with Gasteiger partial charge in [0.25, 0.3) is 0 Å². The summed E-state index contributed by atoms with van der Waals surface area (Å²) in [5.41, 5.74) is 0. The van der Waals surface area contributed by atoms with Crippen molar-refractivity contribution in [2.24, 2.45) is 0 Å². The topological polar surface area (TPSA) is 18.5 Å². The maximum Gasteiger partial charge on any atom is 0.168 e. The molecule has 1 spiro atoms. The summed E-state index contributed by atoms with van der Waals surface area (Å²) in [6.45, 7) is 0.897. The van der Waals surface area contributed by atoms with E-state index in [-0.39, 0.29) is 5.79 Å². The molecule has 0 amide bonds. The van der Waals surface area contributed by atoms with Gasteiger partial charge in [0.15, 0.2) is 5.79 Å². The van der Waals surface area contributed by atoms with Crippen LogP contribution in [0.5, 0.6) is 0 Å². The fourth-order valence-electron chi connectivity index (χ4n) is 1.87. The first kappa shape index (κ1) is 8.26. The Morgan fingerprint density at radius 2 is 2.36 bits per heavy atom. The van der Waals surface area contributed by atoms with Crippen LogP contribution in [0.2, 0.25) is 0 Å². The molecule has 2 rings (SSSR count). The van der Waals surface area contributed by atoms with Crippen molar-refractivity contribution < 1.29 is 9.47 Å². The molecule has 0 N–H and O–H groups in total. The average Bonchev–Trinajstić information content (AvgIpc) is 2.62. The molecule has 0 aromatic heterocycles. The fourth-order valence-corrected chi connectivity index (χ4v) is 2.49. The lowest BCUT2D eigenvalue weighted by Gasteiger charge is -2.22. The van der Waals surface area contributed by atoms with Crippen LogP contribution in [0.15, 0.2) is 0 Å². The van der Waals surface area contributed by atoms with E-state index < -0.39 is 0 Å². The molecule has 11 heavy (non-hydrogen) atoms. The molecule has 0 bridgehead atoms. The molecular weight excluding hydrogens is 255 g/mol. The first-order valence-corrected chi connectivity index (χ1v) is 5.75. The largest absolute Gasteiger partial charge is 0.350 e. The molecule has 3 heteroatoms. The van der Waals surface area contributed by atoms with Gasteiger partial charge in [-0.05, 0) is 12.8 Å². The number of ether oxygens (including phenoxy) is 2. The van der Waals surface area contributed by atoms with E-state index in [0.717, 1.165) is 23.9 Å². The second kappa shape index (κ2) is 3.18. The van der Waals surface area contributed by atoms with Gasteiger partial charge in [0, 0.05) is 17.3 Å². The van der Waals surface area contributed by atoms with Gasteiger partial charge >= 0.3 is 0 Å². The Bertz CT molecular complexity index is 143. The van der Waals surface area contributed by atoms with Crippen LogP contribution < -0.4 is 0 Å². The van der Waals surface area contributed by atoms with Gasteiger partial charge < -0.3 is 9.47 Å². The minimum Gasteiger partial charge on any atom is -0.350 e. The number of halogens is 1. The zero-order chi connectivity index (χ0) is 7.73. The quantitative estimate of drug-likeness (QED) is 0.535. The van der Waals surface area contributed by atoms with E-state index >= 15 is 0 Å². The highest BCUT2D eigenvalue weighted by atomic mass is 127. The van der Waals surface area contributed by atoms with Crippen LogP contribution >= 0.6 is 22.6 Å². The van der Waals surface area contributed by atoms with E-state index in [0.29, 0.717) is 6.10 Å². The third-order valence-electron chi connectivity index (χ3n) is 2.47. The van der Waals surface area contributed by atoms with Gasteiger partial charge in [-0.2, -0.15) is 0 Å². The predicted octanol–water partition coefficient (Wildman–Crippen LogP) is 2.11. The Morgan fingerprint density at radius 1 is 1.45 bits per heavy atom. The third-order valence-corrected chi connectivity index (χ3v) is 3.45. The van der Waals surface area contributed by atoms with Crippen LogP contribution in [-0.2, 0) is 9.47 Å². The molecule has 0 unspecified atom stereocenters. The molecule has 2 saturated heterocycles. The first-order valence-electron chi connectivity index (χ1n) is 4.22. The normalized spacial score (nSPS) is 43.9. The highest BCUT2D eigenvalue weighted by molar-refractivity contribution is 14.1. The van der Waals surface area contributed by atoms with E-state index in [1.807, 2.05) is 0 Å². The molecule has 0 saturated carbocycles. The molecule has 2 fully saturated rings. The SMILES string of the molecule is IC[C@@H]1CC[C@]2(CCCO2)O1. The third kappa shape index (κ3) is 1.55. The summed E-state index contributed by atoms with van der Waals surface area (Å²) in [4.78, 5) is 0. The summed E-state index contributed by atoms with van der Waals surface area (Å²) in [5.74, 6) is -0.143. The van der Waals surface area contributed by atoms with E-state index in [1.54, 1.807) is 0 Å². The molecule has 2 heterocycles. The van der Waals surface area contributed by atoms with Crippen LogP contribution in [-0.4, -0.2) is 22.9 Å². The van der Waals surface area contributed by atoms with E-state index in [2.05, 4.69) is 22.6 Å². The van der Waals surface area contributed by atoms with E-state index in [9.17, 15) is 0 Å². The van der Waals surface area contributed by atoms with Gasteiger partial charge in [0.05, 0.1) is 12.7 Å². The Hall–Kier alpha value is 0.650. The summed E-state index contributed by atoms with van der Waals surface area (Å²) in [7, 11) is 0. The maximum absolute atomic E-state index is 5.83. The van der Waals surface area contributed by atoms with Gasteiger partial charge in [-0.3, -0.25) is 0 Å². The van der Waals surface area contributed by atoms with E-state index in [4.69, 9.17) is 9.47 Å². The number of rotatable bonds is 1. The minimum atomic E-state index is -0.143. The second-order valence-corrected chi connectivity index (χ2v) is 4.18. The lowest BCUT2D eigenvalue weighted by Crippen LogP contribution is -2.27. The molecule has 0 aromatic rings. The molecule has 2 atom stereocenters. The van der Waals surface area contributed by atoms with Crippen molar-refractivity contribution in [1.82, 2.24) is 0 Å². The van der Waals surface area contributed by atoms with Gasteiger partial charge in [0.1, 0.15) is 0 Å². The van der Waals surface area contributed by atoms with Crippen LogP contribution in [0.3, 0.4) is 0 Å². The minimum absolute atomic E-state index is 0.143. The summed E-state index contributed by atoms with van der Waals surface area (Å²) < 4.78 is 12.5. The predicted molar refractivity (Wildman–Crippen MR) is 50.9 cm³/mol. The van der Waals surface area contributed by atoms with Crippen molar-refractivity contribution in [2.45, 2.75) is 37.6 Å². The van der Waals surface area contributed by atoms with Gasteiger partial charge in [-0.1, -0.05) is 22.6 Å². The molecule has 64 valence electrons. The van der Waals surface area contributed by atoms with Crippen LogP contribution in [0.4, 0.5) is 0 Å². The fraction of sp³-hybridized carbons (Fsp3) is 1.00. The second-order valence-electron chi connectivity index (χ2n) is 3.30. The number of alkyl halides is 1. The Morgan fingerprint density at radius 3 is 2.91 bits per heavy atom. The smallest absolute Gasteiger partial charge is 0.168 e. The van der Waals surface area contributed by atoms with Crippen molar-refractivity contribution in [3.63, 3.8) is 0 Å². The summed E-state index contributed by atoms with van der Waals surface area (Å²) in [6.07, 6.45) is 5.03. The number of hydrogen-bond acceptors (Lipinski definition) is 2. The highest BCUT2D eigenvalue weighted by Crippen LogP contribution is 2.39. The summed E-state index contributed by atoms with van der Waals surface area (Å²) in [5, 5.41) is 0. The van der Waals surface area contributed by atoms with Crippen molar-refractivity contribution in [1.29, 1.82) is 0 Å².